The summed E-state index contributed by atoms with van der Waals surface area (Å²) in [6.07, 6.45) is 8.64. The Morgan fingerprint density at radius 1 is 1.29 bits per heavy atom. The average molecular weight is 226 g/mol. The Morgan fingerprint density at radius 3 is 3.00 bits per heavy atom. The van der Waals surface area contributed by atoms with Crippen LogP contribution in [0.15, 0.2) is 36.7 Å². The molecule has 0 spiro atoms. The molecular weight excluding hydrogens is 208 g/mol. The van der Waals surface area contributed by atoms with Gasteiger partial charge in [-0.2, -0.15) is 0 Å². The second-order valence-electron chi connectivity index (χ2n) is 5.05. The van der Waals surface area contributed by atoms with E-state index in [0.717, 1.165) is 18.8 Å². The molecule has 0 bridgehead atoms. The van der Waals surface area contributed by atoms with Crippen LogP contribution in [0.25, 0.3) is 10.8 Å². The van der Waals surface area contributed by atoms with Crippen LogP contribution >= 0.6 is 0 Å². The van der Waals surface area contributed by atoms with E-state index in [1.807, 2.05) is 12.4 Å². The molecule has 0 aliphatic heterocycles. The van der Waals surface area contributed by atoms with E-state index >= 15 is 0 Å². The van der Waals surface area contributed by atoms with Gasteiger partial charge in [0.15, 0.2) is 0 Å². The van der Waals surface area contributed by atoms with Crippen molar-refractivity contribution in [3.8, 4) is 0 Å². The molecular formula is C15H18N2. The highest BCUT2D eigenvalue weighted by Crippen LogP contribution is 2.33. The average Bonchev–Trinajstić information content (AvgIpc) is 3.20. The Balaban J connectivity index is 1.79. The summed E-state index contributed by atoms with van der Waals surface area (Å²) in [5, 5.41) is 2.55. The fourth-order valence-electron chi connectivity index (χ4n) is 2.48. The summed E-state index contributed by atoms with van der Waals surface area (Å²) < 4.78 is 0. The number of fused-ring (bicyclic) bond motifs is 1. The van der Waals surface area contributed by atoms with Gasteiger partial charge in [0, 0.05) is 23.8 Å². The Hall–Kier alpha value is -1.41. The molecule has 1 fully saturated rings. The maximum atomic E-state index is 6.16. The van der Waals surface area contributed by atoms with E-state index < -0.39 is 0 Å². The van der Waals surface area contributed by atoms with Crippen molar-refractivity contribution in [2.75, 3.05) is 0 Å². The van der Waals surface area contributed by atoms with Crippen LogP contribution < -0.4 is 5.73 Å². The SMILES string of the molecule is NC(CCc1cccc2ccncc12)C1CC1. The third-order valence-corrected chi connectivity index (χ3v) is 3.75. The molecule has 0 amide bonds. The number of aryl methyl sites for hydroxylation is 1. The van der Waals surface area contributed by atoms with E-state index in [0.29, 0.717) is 6.04 Å². The van der Waals surface area contributed by atoms with E-state index in [4.69, 9.17) is 5.73 Å². The lowest BCUT2D eigenvalue weighted by Gasteiger charge is -2.11. The molecule has 2 N–H and O–H groups in total. The first-order chi connectivity index (χ1) is 8.34. The fraction of sp³-hybridized carbons (Fsp3) is 0.400. The number of rotatable bonds is 4. The van der Waals surface area contributed by atoms with Gasteiger partial charge in [-0.05, 0) is 48.6 Å². The summed E-state index contributed by atoms with van der Waals surface area (Å²) in [6.45, 7) is 0. The molecule has 1 unspecified atom stereocenters. The number of nitrogens with two attached hydrogens (primary N) is 1. The molecule has 1 aliphatic carbocycles. The van der Waals surface area contributed by atoms with Crippen LogP contribution in [0, 0.1) is 5.92 Å². The second kappa shape index (κ2) is 4.46. The van der Waals surface area contributed by atoms with Crippen LogP contribution in [0.1, 0.15) is 24.8 Å². The van der Waals surface area contributed by atoms with Crippen LogP contribution in [-0.2, 0) is 6.42 Å². The van der Waals surface area contributed by atoms with E-state index in [2.05, 4.69) is 29.2 Å². The lowest BCUT2D eigenvalue weighted by atomic mass is 9.99. The standard InChI is InChI=1S/C15H18N2/c16-15(13-4-5-13)7-6-11-2-1-3-12-8-9-17-10-14(11)12/h1-3,8-10,13,15H,4-7,16H2. The zero-order valence-electron chi connectivity index (χ0n) is 9.97. The molecule has 1 heterocycles. The highest BCUT2D eigenvalue weighted by molar-refractivity contribution is 5.84. The van der Waals surface area contributed by atoms with Crippen molar-refractivity contribution in [2.45, 2.75) is 31.7 Å². The summed E-state index contributed by atoms with van der Waals surface area (Å²) in [7, 11) is 0. The zero-order valence-corrected chi connectivity index (χ0v) is 9.97. The molecule has 1 aromatic carbocycles. The molecule has 88 valence electrons. The van der Waals surface area contributed by atoms with Crippen molar-refractivity contribution in [2.24, 2.45) is 11.7 Å². The molecule has 2 aromatic rings. The molecule has 3 rings (SSSR count). The minimum atomic E-state index is 0.391. The van der Waals surface area contributed by atoms with Gasteiger partial charge in [-0.25, -0.2) is 0 Å². The third kappa shape index (κ3) is 2.32. The van der Waals surface area contributed by atoms with Gasteiger partial charge in [0.05, 0.1) is 0 Å². The Morgan fingerprint density at radius 2 is 2.18 bits per heavy atom. The second-order valence-corrected chi connectivity index (χ2v) is 5.05. The van der Waals surface area contributed by atoms with E-state index in [-0.39, 0.29) is 0 Å². The van der Waals surface area contributed by atoms with Crippen molar-refractivity contribution in [3.05, 3.63) is 42.2 Å². The molecule has 2 nitrogen and oxygen atoms in total. The molecule has 1 aliphatic rings. The maximum absolute atomic E-state index is 6.16. The summed E-state index contributed by atoms with van der Waals surface area (Å²) in [6, 6.07) is 8.92. The van der Waals surface area contributed by atoms with Crippen LogP contribution in [0.5, 0.6) is 0 Å². The number of hydrogen-bond acceptors (Lipinski definition) is 2. The van der Waals surface area contributed by atoms with Crippen LogP contribution in [-0.4, -0.2) is 11.0 Å². The van der Waals surface area contributed by atoms with Crippen LogP contribution in [0.4, 0.5) is 0 Å². The lowest BCUT2D eigenvalue weighted by Crippen LogP contribution is -2.22. The molecule has 17 heavy (non-hydrogen) atoms. The van der Waals surface area contributed by atoms with Gasteiger partial charge in [-0.3, -0.25) is 4.98 Å². The monoisotopic (exact) mass is 226 g/mol. The third-order valence-electron chi connectivity index (χ3n) is 3.75. The van der Waals surface area contributed by atoms with Crippen molar-refractivity contribution < 1.29 is 0 Å². The summed E-state index contributed by atoms with van der Waals surface area (Å²) >= 11 is 0. The normalized spacial score (nSPS) is 17.2. The van der Waals surface area contributed by atoms with Gasteiger partial charge in [0.1, 0.15) is 0 Å². The minimum Gasteiger partial charge on any atom is -0.327 e. The number of aromatic nitrogens is 1. The topological polar surface area (TPSA) is 38.9 Å². The molecule has 1 saturated carbocycles. The Labute approximate surface area is 102 Å². The fourth-order valence-corrected chi connectivity index (χ4v) is 2.48. The van der Waals surface area contributed by atoms with Gasteiger partial charge < -0.3 is 5.73 Å². The number of benzene rings is 1. The summed E-state index contributed by atoms with van der Waals surface area (Å²) in [5.41, 5.74) is 7.54. The van der Waals surface area contributed by atoms with E-state index in [1.54, 1.807) is 0 Å². The smallest absolute Gasteiger partial charge is 0.0349 e. The van der Waals surface area contributed by atoms with Gasteiger partial charge in [-0.15, -0.1) is 0 Å². The lowest BCUT2D eigenvalue weighted by molar-refractivity contribution is 0.551. The maximum Gasteiger partial charge on any atom is 0.0349 e. The zero-order chi connectivity index (χ0) is 11.7. The van der Waals surface area contributed by atoms with Crippen LogP contribution in [0.3, 0.4) is 0 Å². The van der Waals surface area contributed by atoms with Crippen molar-refractivity contribution in [3.63, 3.8) is 0 Å². The van der Waals surface area contributed by atoms with Gasteiger partial charge in [0.25, 0.3) is 0 Å². The van der Waals surface area contributed by atoms with E-state index in [9.17, 15) is 0 Å². The largest absolute Gasteiger partial charge is 0.327 e. The first-order valence-corrected chi connectivity index (χ1v) is 6.42. The molecule has 1 atom stereocenters. The van der Waals surface area contributed by atoms with Gasteiger partial charge in [0.2, 0.25) is 0 Å². The first kappa shape index (κ1) is 10.7. The predicted octanol–water partition coefficient (Wildman–Crippen LogP) is 2.90. The molecule has 0 saturated heterocycles. The highest BCUT2D eigenvalue weighted by Gasteiger charge is 2.27. The predicted molar refractivity (Wildman–Crippen MR) is 70.8 cm³/mol. The van der Waals surface area contributed by atoms with E-state index in [1.165, 1.54) is 29.2 Å². The Bertz CT molecular complexity index is 512. The number of pyridine rings is 1. The van der Waals surface area contributed by atoms with Gasteiger partial charge in [-0.1, -0.05) is 18.2 Å². The van der Waals surface area contributed by atoms with Crippen LogP contribution in [0.2, 0.25) is 0 Å². The molecule has 1 aromatic heterocycles. The molecule has 0 radical (unpaired) electrons. The van der Waals surface area contributed by atoms with Crippen molar-refractivity contribution >= 4 is 10.8 Å². The number of nitrogens with zero attached hydrogens (tertiary/aromatic N) is 1. The van der Waals surface area contributed by atoms with Gasteiger partial charge >= 0.3 is 0 Å². The van der Waals surface area contributed by atoms with Crippen molar-refractivity contribution in [1.82, 2.24) is 4.98 Å². The first-order valence-electron chi connectivity index (χ1n) is 6.42. The highest BCUT2D eigenvalue weighted by atomic mass is 14.7. The molecule has 2 heteroatoms. The summed E-state index contributed by atoms with van der Waals surface area (Å²) in [4.78, 5) is 4.22. The minimum absolute atomic E-state index is 0.391. The Kier molecular flexibility index (Phi) is 2.81. The summed E-state index contributed by atoms with van der Waals surface area (Å²) in [5.74, 6) is 0.795. The van der Waals surface area contributed by atoms with Crippen molar-refractivity contribution in [1.29, 1.82) is 0 Å². The number of hydrogen-bond donors (Lipinski definition) is 1. The quantitative estimate of drug-likeness (QED) is 0.870.